The summed E-state index contributed by atoms with van der Waals surface area (Å²) < 4.78 is 0. The van der Waals surface area contributed by atoms with Gasteiger partial charge in [0.25, 0.3) is 0 Å². The van der Waals surface area contributed by atoms with Crippen LogP contribution in [0.1, 0.15) is 39.9 Å². The smallest absolute Gasteiger partial charge is 0.347 e. The van der Waals surface area contributed by atoms with Crippen molar-refractivity contribution in [3.8, 4) is 0 Å². The van der Waals surface area contributed by atoms with Crippen molar-refractivity contribution in [1.82, 2.24) is 9.97 Å². The second-order valence-corrected chi connectivity index (χ2v) is 5.87. The highest BCUT2D eigenvalue weighted by Crippen LogP contribution is 2.23. The normalized spacial score (nSPS) is 10.9. The molecule has 0 aliphatic carbocycles. The van der Waals surface area contributed by atoms with Crippen LogP contribution < -0.4 is 0 Å². The Balaban J connectivity index is 2.25. The molecule has 4 nitrogen and oxygen atoms in total. The van der Waals surface area contributed by atoms with E-state index >= 15 is 0 Å². The molecule has 0 radical (unpaired) electrons. The minimum Gasteiger partial charge on any atom is -0.477 e. The summed E-state index contributed by atoms with van der Waals surface area (Å²) in [7, 11) is 0. The minimum absolute atomic E-state index is 0.361. The van der Waals surface area contributed by atoms with Crippen LogP contribution in [-0.4, -0.2) is 21.0 Å². The first-order chi connectivity index (χ1) is 9.06. The van der Waals surface area contributed by atoms with E-state index in [-0.39, 0.29) is 0 Å². The van der Waals surface area contributed by atoms with E-state index in [2.05, 4.69) is 23.8 Å². The molecule has 0 aromatic carbocycles. The number of aromatic carboxylic acids is 1. The van der Waals surface area contributed by atoms with Gasteiger partial charge in [-0.15, -0.1) is 11.3 Å². The summed E-state index contributed by atoms with van der Waals surface area (Å²) in [5, 5.41) is 10.0. The Morgan fingerprint density at radius 1 is 1.42 bits per heavy atom. The highest BCUT2D eigenvalue weighted by molar-refractivity contribution is 7.13. The number of hydrogen-bond acceptors (Lipinski definition) is 4. The van der Waals surface area contributed by atoms with Gasteiger partial charge in [0.2, 0.25) is 0 Å². The molecule has 2 aromatic rings. The van der Waals surface area contributed by atoms with Gasteiger partial charge in [-0.05, 0) is 24.5 Å². The minimum atomic E-state index is -0.888. The Morgan fingerprint density at radius 2 is 2.21 bits per heavy atom. The molecule has 0 bridgehead atoms. The Morgan fingerprint density at radius 3 is 2.79 bits per heavy atom. The zero-order chi connectivity index (χ0) is 13.8. The summed E-state index contributed by atoms with van der Waals surface area (Å²) in [5.41, 5.74) is 1.60. The first-order valence-electron chi connectivity index (χ1n) is 6.18. The molecule has 0 spiro atoms. The first-order valence-corrected chi connectivity index (χ1v) is 6.99. The second kappa shape index (κ2) is 5.93. The maximum absolute atomic E-state index is 11.2. The number of hydrogen-bond donors (Lipinski definition) is 1. The Kier molecular flexibility index (Phi) is 4.27. The first kappa shape index (κ1) is 13.7. The van der Waals surface area contributed by atoms with Crippen LogP contribution in [-0.2, 0) is 12.8 Å². The van der Waals surface area contributed by atoms with Crippen molar-refractivity contribution in [2.75, 3.05) is 0 Å². The lowest BCUT2D eigenvalue weighted by Gasteiger charge is -2.01. The molecule has 0 saturated carbocycles. The highest BCUT2D eigenvalue weighted by Gasteiger charge is 2.18. The van der Waals surface area contributed by atoms with Crippen LogP contribution in [0.15, 0.2) is 24.4 Å². The van der Waals surface area contributed by atoms with Crippen LogP contribution in [0.25, 0.3) is 0 Å². The van der Waals surface area contributed by atoms with E-state index in [1.807, 2.05) is 18.2 Å². The number of pyridine rings is 1. The lowest BCUT2D eigenvalue weighted by atomic mass is 10.1. The van der Waals surface area contributed by atoms with E-state index in [0.29, 0.717) is 29.3 Å². The number of nitrogens with zero attached hydrogens (tertiary/aromatic N) is 2. The summed E-state index contributed by atoms with van der Waals surface area (Å²) in [6.07, 6.45) is 3.01. The molecule has 0 aliphatic heterocycles. The fourth-order valence-corrected chi connectivity index (χ4v) is 2.77. The van der Waals surface area contributed by atoms with Gasteiger partial charge in [-0.1, -0.05) is 19.9 Å². The predicted molar refractivity (Wildman–Crippen MR) is 74.7 cm³/mol. The SMILES string of the molecule is CC(C)Cc1nc(Cc2ccccn2)sc1C(=O)O. The van der Waals surface area contributed by atoms with Crippen molar-refractivity contribution >= 4 is 17.3 Å². The third kappa shape index (κ3) is 3.61. The number of carbonyl (C=O) groups is 1. The average molecular weight is 276 g/mol. The van der Waals surface area contributed by atoms with E-state index in [1.165, 1.54) is 11.3 Å². The summed E-state index contributed by atoms with van der Waals surface area (Å²) >= 11 is 1.25. The third-order valence-corrected chi connectivity index (χ3v) is 3.68. The van der Waals surface area contributed by atoms with E-state index in [1.54, 1.807) is 6.20 Å². The molecular weight excluding hydrogens is 260 g/mol. The van der Waals surface area contributed by atoms with Crippen LogP contribution in [0.5, 0.6) is 0 Å². The third-order valence-electron chi connectivity index (χ3n) is 2.60. The fourth-order valence-electron chi connectivity index (χ4n) is 1.83. The standard InChI is InChI=1S/C14H16N2O2S/c1-9(2)7-11-13(14(17)18)19-12(16-11)8-10-5-3-4-6-15-10/h3-6,9H,7-8H2,1-2H3,(H,17,18). The van der Waals surface area contributed by atoms with E-state index < -0.39 is 5.97 Å². The van der Waals surface area contributed by atoms with Crippen molar-refractivity contribution in [3.63, 3.8) is 0 Å². The highest BCUT2D eigenvalue weighted by atomic mass is 32.1. The van der Waals surface area contributed by atoms with Crippen LogP contribution >= 0.6 is 11.3 Å². The zero-order valence-corrected chi connectivity index (χ0v) is 11.8. The predicted octanol–water partition coefficient (Wildman–Crippen LogP) is 3.03. The van der Waals surface area contributed by atoms with Gasteiger partial charge in [0.05, 0.1) is 10.7 Å². The van der Waals surface area contributed by atoms with Crippen molar-refractivity contribution in [3.05, 3.63) is 45.7 Å². The zero-order valence-electron chi connectivity index (χ0n) is 11.0. The maximum Gasteiger partial charge on any atom is 0.347 e. The van der Waals surface area contributed by atoms with Gasteiger partial charge in [-0.25, -0.2) is 9.78 Å². The lowest BCUT2D eigenvalue weighted by Crippen LogP contribution is -2.02. The van der Waals surface area contributed by atoms with Gasteiger partial charge in [-0.2, -0.15) is 0 Å². The summed E-state index contributed by atoms with van der Waals surface area (Å²) in [5.74, 6) is -0.497. The van der Waals surface area contributed by atoms with Gasteiger partial charge in [-0.3, -0.25) is 4.98 Å². The van der Waals surface area contributed by atoms with Gasteiger partial charge in [0, 0.05) is 18.3 Å². The quantitative estimate of drug-likeness (QED) is 0.911. The Labute approximate surface area is 116 Å². The molecular formula is C14H16N2O2S. The molecule has 5 heteroatoms. The van der Waals surface area contributed by atoms with Crippen LogP contribution in [0.2, 0.25) is 0 Å². The summed E-state index contributed by atoms with van der Waals surface area (Å²) in [6.45, 7) is 4.12. The molecule has 0 unspecified atom stereocenters. The molecule has 2 heterocycles. The number of aromatic nitrogens is 2. The maximum atomic E-state index is 11.2. The van der Waals surface area contributed by atoms with E-state index in [9.17, 15) is 9.90 Å². The molecule has 0 amide bonds. The van der Waals surface area contributed by atoms with Gasteiger partial charge < -0.3 is 5.11 Å². The number of rotatable bonds is 5. The fraction of sp³-hybridized carbons (Fsp3) is 0.357. The molecule has 19 heavy (non-hydrogen) atoms. The van der Waals surface area contributed by atoms with E-state index in [4.69, 9.17) is 0 Å². The Hall–Kier alpha value is -1.75. The molecule has 0 atom stereocenters. The summed E-state index contributed by atoms with van der Waals surface area (Å²) in [6, 6.07) is 5.70. The molecule has 0 aliphatic rings. The Bertz CT molecular complexity index is 564. The molecule has 100 valence electrons. The van der Waals surface area contributed by atoms with Gasteiger partial charge in [0.1, 0.15) is 4.88 Å². The lowest BCUT2D eigenvalue weighted by molar-refractivity contribution is 0.0700. The number of carboxylic acids is 1. The van der Waals surface area contributed by atoms with Crippen LogP contribution in [0.4, 0.5) is 0 Å². The van der Waals surface area contributed by atoms with Crippen molar-refractivity contribution in [2.24, 2.45) is 5.92 Å². The summed E-state index contributed by atoms with van der Waals surface area (Å²) in [4.78, 5) is 20.3. The van der Waals surface area contributed by atoms with Gasteiger partial charge in [0.15, 0.2) is 0 Å². The molecule has 0 saturated heterocycles. The largest absolute Gasteiger partial charge is 0.477 e. The molecule has 0 fully saturated rings. The van der Waals surface area contributed by atoms with Crippen molar-refractivity contribution < 1.29 is 9.90 Å². The second-order valence-electron chi connectivity index (χ2n) is 4.78. The average Bonchev–Trinajstić information content (AvgIpc) is 2.72. The molecule has 2 aromatic heterocycles. The molecule has 1 N–H and O–H groups in total. The van der Waals surface area contributed by atoms with Crippen LogP contribution in [0.3, 0.4) is 0 Å². The van der Waals surface area contributed by atoms with Crippen molar-refractivity contribution in [2.45, 2.75) is 26.7 Å². The van der Waals surface area contributed by atoms with Crippen molar-refractivity contribution in [1.29, 1.82) is 0 Å². The molecule has 2 rings (SSSR count). The van der Waals surface area contributed by atoms with Crippen LogP contribution in [0, 0.1) is 5.92 Å². The monoisotopic (exact) mass is 276 g/mol. The number of thiazole rings is 1. The van der Waals surface area contributed by atoms with E-state index in [0.717, 1.165) is 10.7 Å². The number of carboxylic acid groups (broad SMARTS) is 1. The van der Waals surface area contributed by atoms with Gasteiger partial charge >= 0.3 is 5.97 Å². The topological polar surface area (TPSA) is 63.1 Å².